The Morgan fingerprint density at radius 3 is 2.60 bits per heavy atom. The molecule has 5 aliphatic rings. The zero-order valence-electron chi connectivity index (χ0n) is 27.1. The predicted molar refractivity (Wildman–Crippen MR) is 185 cm³/mol. The number of benzene rings is 3. The molecule has 246 valence electrons. The second kappa shape index (κ2) is 11.7. The number of phenols is 2. The minimum atomic E-state index is -0.950. The lowest BCUT2D eigenvalue weighted by Gasteiger charge is -2.48. The average Bonchev–Trinajstić information content (AvgIpc) is 3.15. The molecule has 0 amide bonds. The first-order chi connectivity index (χ1) is 22.8. The largest absolute Gasteiger partial charge is 0.508 e. The summed E-state index contributed by atoms with van der Waals surface area (Å²) in [6.45, 7) is 2.39. The number of hydrogen-bond donors (Lipinski definition) is 3. The van der Waals surface area contributed by atoms with E-state index in [-0.39, 0.29) is 34.8 Å². The van der Waals surface area contributed by atoms with Crippen LogP contribution in [0, 0.1) is 23.7 Å². The molecule has 6 bridgehead atoms. The third-order valence-electron chi connectivity index (χ3n) is 11.3. The summed E-state index contributed by atoms with van der Waals surface area (Å²) in [7, 11) is 8.42. The first-order valence-electron chi connectivity index (χ1n) is 16.5. The normalized spacial score (nSPS) is 29.9. The Bertz CT molecular complexity index is 1830. The van der Waals surface area contributed by atoms with Gasteiger partial charge in [0.1, 0.15) is 23.4 Å². The Hall–Kier alpha value is -3.32. The van der Waals surface area contributed by atoms with Crippen molar-refractivity contribution < 1.29 is 34.3 Å². The third-order valence-corrected chi connectivity index (χ3v) is 14.5. The second-order valence-corrected chi connectivity index (χ2v) is 16.4. The van der Waals surface area contributed by atoms with Gasteiger partial charge in [0, 0.05) is 46.4 Å². The third kappa shape index (κ3) is 4.69. The van der Waals surface area contributed by atoms with Crippen molar-refractivity contribution >= 4 is 21.6 Å². The summed E-state index contributed by atoms with van der Waals surface area (Å²) >= 11 is 0. The molecule has 47 heavy (non-hydrogen) atoms. The molecule has 3 aliphatic carbocycles. The smallest absolute Gasteiger partial charge is 0.201 e. The van der Waals surface area contributed by atoms with Gasteiger partial charge in [-0.25, -0.2) is 0 Å². The van der Waals surface area contributed by atoms with E-state index in [1.807, 2.05) is 39.8 Å². The number of phenolic OH excluding ortho intramolecular Hbond substituents is 2. The Morgan fingerprint density at radius 2 is 1.81 bits per heavy atom. The predicted octanol–water partition coefficient (Wildman–Crippen LogP) is 7.53. The first kappa shape index (κ1) is 31.0. The number of methoxy groups -OCH3 is 3. The lowest BCUT2D eigenvalue weighted by Crippen LogP contribution is -2.46. The monoisotopic (exact) mass is 672 g/mol. The fourth-order valence-corrected chi connectivity index (χ4v) is 12.3. The van der Waals surface area contributed by atoms with Crippen LogP contribution in [0.3, 0.4) is 0 Å². The van der Waals surface area contributed by atoms with Crippen LogP contribution in [-0.2, 0) is 12.8 Å². The number of rotatable bonds is 3. The maximum atomic E-state index is 12.8. The van der Waals surface area contributed by atoms with E-state index in [1.54, 1.807) is 19.2 Å². The topological polar surface area (TPSA) is 97.6 Å². The summed E-state index contributed by atoms with van der Waals surface area (Å²) in [5.74, 6) is 11.3. The highest BCUT2D eigenvalue weighted by molar-refractivity contribution is 8.77. The lowest BCUT2D eigenvalue weighted by atomic mass is 9.64. The van der Waals surface area contributed by atoms with Gasteiger partial charge >= 0.3 is 0 Å². The van der Waals surface area contributed by atoms with Gasteiger partial charge in [-0.15, -0.1) is 0 Å². The molecule has 1 spiro atoms. The molecule has 3 aromatic rings. The first-order valence-corrected chi connectivity index (χ1v) is 18.8. The quantitative estimate of drug-likeness (QED) is 0.193. The van der Waals surface area contributed by atoms with Gasteiger partial charge in [0.15, 0.2) is 17.6 Å². The van der Waals surface area contributed by atoms with E-state index in [0.29, 0.717) is 40.9 Å². The number of aliphatic hydroxyl groups excluding tert-OH is 1. The van der Waals surface area contributed by atoms with Gasteiger partial charge in [-0.3, -0.25) is 0 Å². The van der Waals surface area contributed by atoms with Crippen LogP contribution in [0.4, 0.5) is 0 Å². The maximum absolute atomic E-state index is 12.8. The molecule has 2 aliphatic heterocycles. The Labute approximate surface area is 283 Å². The van der Waals surface area contributed by atoms with Crippen LogP contribution in [0.1, 0.15) is 78.4 Å². The van der Waals surface area contributed by atoms with Gasteiger partial charge in [0.25, 0.3) is 0 Å². The summed E-state index contributed by atoms with van der Waals surface area (Å²) in [6, 6.07) is 9.49. The van der Waals surface area contributed by atoms with Crippen molar-refractivity contribution in [2.75, 3.05) is 27.1 Å². The van der Waals surface area contributed by atoms with E-state index < -0.39 is 17.0 Å². The molecule has 3 N–H and O–H groups in total. The second-order valence-electron chi connectivity index (χ2n) is 13.6. The molecule has 7 atom stereocenters. The van der Waals surface area contributed by atoms with Crippen LogP contribution < -0.4 is 18.9 Å². The van der Waals surface area contributed by atoms with Crippen LogP contribution in [0.25, 0.3) is 11.1 Å². The Balaban J connectivity index is 1.47. The molecule has 9 heteroatoms. The highest BCUT2D eigenvalue weighted by atomic mass is 33.1. The molecule has 7 unspecified atom stereocenters. The summed E-state index contributed by atoms with van der Waals surface area (Å²) < 4.78 is 23.8. The van der Waals surface area contributed by atoms with Gasteiger partial charge in [0.2, 0.25) is 5.75 Å². The van der Waals surface area contributed by atoms with Crippen molar-refractivity contribution in [3.8, 4) is 57.5 Å². The van der Waals surface area contributed by atoms with E-state index in [4.69, 9.17) is 18.9 Å². The van der Waals surface area contributed by atoms with E-state index >= 15 is 0 Å². The number of aliphatic hydroxyl groups is 1. The minimum Gasteiger partial charge on any atom is -0.508 e. The summed E-state index contributed by atoms with van der Waals surface area (Å²) in [5, 5.41) is 34.6. The van der Waals surface area contributed by atoms with Gasteiger partial charge in [-0.2, -0.15) is 0 Å². The highest BCUT2D eigenvalue weighted by Gasteiger charge is 2.54. The van der Waals surface area contributed by atoms with Crippen LogP contribution in [0.2, 0.25) is 0 Å². The van der Waals surface area contributed by atoms with Gasteiger partial charge in [0.05, 0.1) is 26.1 Å². The molecule has 0 saturated carbocycles. The van der Waals surface area contributed by atoms with E-state index in [1.165, 1.54) is 14.2 Å². The van der Waals surface area contributed by atoms with Crippen molar-refractivity contribution in [3.63, 3.8) is 0 Å². The Kier molecular flexibility index (Phi) is 7.70. The van der Waals surface area contributed by atoms with E-state index in [9.17, 15) is 15.3 Å². The van der Waals surface area contributed by atoms with Crippen LogP contribution >= 0.6 is 21.6 Å². The molecule has 1 fully saturated rings. The van der Waals surface area contributed by atoms with E-state index in [2.05, 4.69) is 18.8 Å². The van der Waals surface area contributed by atoms with Crippen LogP contribution in [-0.4, -0.2) is 53.3 Å². The molecule has 3 aromatic carbocycles. The average molecular weight is 673 g/mol. The zero-order chi connectivity index (χ0) is 32.6. The maximum Gasteiger partial charge on any atom is 0.201 e. The van der Waals surface area contributed by atoms with Crippen molar-refractivity contribution in [1.29, 1.82) is 0 Å². The molecule has 0 aromatic heterocycles. The fourth-order valence-electron chi connectivity index (χ4n) is 9.00. The summed E-state index contributed by atoms with van der Waals surface area (Å²) in [4.78, 5) is 0. The number of fused-ring (bicyclic) bond motifs is 9. The molecule has 1 saturated heterocycles. The van der Waals surface area contributed by atoms with Crippen molar-refractivity contribution in [3.05, 3.63) is 58.1 Å². The Morgan fingerprint density at radius 1 is 0.979 bits per heavy atom. The summed E-state index contributed by atoms with van der Waals surface area (Å²) in [6.07, 6.45) is 3.31. The molecule has 0 radical (unpaired) electrons. The standard InChI is InChI=1S/C38H40O7S2/c1-19-10-13-46-47-38-11-5-6-24-26(17-30(43-3)34(40)36(24)44-4)37-35(41)33(38)32-27-15-21(14-20(19)9-12-38)25-16-22(39)7-8-23(25)31(27)28(42-2)18-29(32)45-37/h7-8,16-21,33,35,37,39-41H,6,9-10,12-15H2,1-4H3. The molecule has 2 heterocycles. The van der Waals surface area contributed by atoms with Crippen molar-refractivity contribution in [2.24, 2.45) is 11.8 Å². The molecule has 7 nitrogen and oxygen atoms in total. The van der Waals surface area contributed by atoms with E-state index in [0.717, 1.165) is 65.7 Å². The van der Waals surface area contributed by atoms with Gasteiger partial charge < -0.3 is 34.3 Å². The van der Waals surface area contributed by atoms with Crippen molar-refractivity contribution in [1.82, 2.24) is 0 Å². The van der Waals surface area contributed by atoms with Gasteiger partial charge in [-0.1, -0.05) is 46.4 Å². The number of aromatic hydroxyl groups is 2. The van der Waals surface area contributed by atoms with Crippen molar-refractivity contribution in [2.45, 2.75) is 74.2 Å². The van der Waals surface area contributed by atoms with Crippen LogP contribution in [0.5, 0.6) is 34.5 Å². The molecule has 8 rings (SSSR count). The highest BCUT2D eigenvalue weighted by Crippen LogP contribution is 2.63. The number of hydrogen-bond acceptors (Lipinski definition) is 9. The summed E-state index contributed by atoms with van der Waals surface area (Å²) in [5.41, 5.74) is 6.80. The SMILES string of the molecule is COc1cc2c(c(OC)c1O)CC#CC13CCC(CC4Cc5c(c(OC)cc6c5C1C(O)C2O6)-c1ccc(O)cc14)C(C)CCSS3. The molecular formula is C38H40O7S2. The minimum absolute atomic E-state index is 0.0895. The zero-order valence-corrected chi connectivity index (χ0v) is 28.7. The van der Waals surface area contributed by atoms with Crippen LogP contribution in [0.15, 0.2) is 30.3 Å². The lowest BCUT2D eigenvalue weighted by molar-refractivity contribution is -0.00774. The fraction of sp³-hybridized carbons (Fsp3) is 0.474. The van der Waals surface area contributed by atoms with Gasteiger partial charge in [-0.05, 0) is 84.7 Å². The molecular weight excluding hydrogens is 633 g/mol. The number of ether oxygens (including phenoxy) is 4.